The highest BCUT2D eigenvalue weighted by Crippen LogP contribution is 2.32. The van der Waals surface area contributed by atoms with Crippen molar-refractivity contribution in [3.63, 3.8) is 0 Å². The van der Waals surface area contributed by atoms with Gasteiger partial charge in [-0.2, -0.15) is 0 Å². The molecule has 1 rings (SSSR count). The van der Waals surface area contributed by atoms with Crippen molar-refractivity contribution in [1.82, 2.24) is 4.98 Å². The van der Waals surface area contributed by atoms with E-state index in [-0.39, 0.29) is 5.75 Å². The minimum atomic E-state index is -3.44. The summed E-state index contributed by atoms with van der Waals surface area (Å²) in [7, 11) is 1.32. The molecule has 15 heavy (non-hydrogen) atoms. The molecule has 0 amide bonds. The molecule has 6 heteroatoms. The molecule has 0 aliphatic rings. The van der Waals surface area contributed by atoms with Gasteiger partial charge in [-0.3, -0.25) is 9.78 Å². The summed E-state index contributed by atoms with van der Waals surface area (Å²) in [6.45, 7) is 0. The van der Waals surface area contributed by atoms with E-state index in [0.717, 1.165) is 12.3 Å². The van der Waals surface area contributed by atoms with E-state index in [2.05, 4.69) is 4.98 Å². The lowest BCUT2D eigenvalue weighted by atomic mass is 10.1. The zero-order valence-electron chi connectivity index (χ0n) is 7.91. The minimum absolute atomic E-state index is 0.164. The van der Waals surface area contributed by atoms with Crippen LogP contribution in [0.15, 0.2) is 18.5 Å². The first-order chi connectivity index (χ1) is 6.95. The van der Waals surface area contributed by atoms with Gasteiger partial charge in [0.05, 0.1) is 13.3 Å². The zero-order valence-corrected chi connectivity index (χ0v) is 7.91. The van der Waals surface area contributed by atoms with Gasteiger partial charge in [-0.15, -0.1) is 0 Å². The summed E-state index contributed by atoms with van der Waals surface area (Å²) < 4.78 is 31.2. The van der Waals surface area contributed by atoms with E-state index in [4.69, 9.17) is 9.84 Å². The fourth-order valence-corrected chi connectivity index (χ4v) is 1.02. The summed E-state index contributed by atoms with van der Waals surface area (Å²) in [6.07, 6.45) is 0.924. The number of ether oxygens (including phenoxy) is 1. The van der Waals surface area contributed by atoms with Crippen LogP contribution in [0.3, 0.4) is 0 Å². The van der Waals surface area contributed by atoms with Crippen molar-refractivity contribution in [2.75, 3.05) is 7.11 Å². The minimum Gasteiger partial charge on any atom is -0.495 e. The number of rotatable bonds is 4. The first-order valence-electron chi connectivity index (χ1n) is 4.05. The van der Waals surface area contributed by atoms with Crippen LogP contribution in [0.4, 0.5) is 8.78 Å². The Labute approximate surface area is 84.5 Å². The maximum absolute atomic E-state index is 13.2. The smallest absolute Gasteiger partial charge is 0.309 e. The average molecular weight is 217 g/mol. The first-order valence-corrected chi connectivity index (χ1v) is 4.05. The third-order valence-electron chi connectivity index (χ3n) is 1.74. The molecule has 0 saturated carbocycles. The van der Waals surface area contributed by atoms with Crippen molar-refractivity contribution in [3.05, 3.63) is 24.0 Å². The summed E-state index contributed by atoms with van der Waals surface area (Å²) in [4.78, 5) is 13.7. The van der Waals surface area contributed by atoms with Crippen LogP contribution in [0.2, 0.25) is 0 Å². The normalized spacial score (nSPS) is 11.1. The van der Waals surface area contributed by atoms with Crippen LogP contribution in [0.1, 0.15) is 12.0 Å². The molecular formula is C9H9F2NO3. The summed E-state index contributed by atoms with van der Waals surface area (Å²) in [5.74, 6) is -4.84. The summed E-state index contributed by atoms with van der Waals surface area (Å²) in [6, 6.07) is 1.07. The number of halogens is 2. The molecule has 1 aromatic heterocycles. The quantitative estimate of drug-likeness (QED) is 0.833. The van der Waals surface area contributed by atoms with Crippen LogP contribution in [0.25, 0.3) is 0 Å². The van der Waals surface area contributed by atoms with Crippen LogP contribution < -0.4 is 4.74 Å². The van der Waals surface area contributed by atoms with Gasteiger partial charge in [0.15, 0.2) is 0 Å². The second-order valence-electron chi connectivity index (χ2n) is 2.89. The van der Waals surface area contributed by atoms with Gasteiger partial charge in [-0.25, -0.2) is 8.78 Å². The first kappa shape index (κ1) is 11.4. The molecule has 82 valence electrons. The highest BCUT2D eigenvalue weighted by Gasteiger charge is 2.35. The highest BCUT2D eigenvalue weighted by atomic mass is 19.3. The highest BCUT2D eigenvalue weighted by molar-refractivity contribution is 5.68. The fraction of sp³-hybridized carbons (Fsp3) is 0.333. The van der Waals surface area contributed by atoms with Crippen molar-refractivity contribution in [1.29, 1.82) is 0 Å². The summed E-state index contributed by atoms with van der Waals surface area (Å²) in [5.41, 5.74) is -0.468. The van der Waals surface area contributed by atoms with Crippen molar-refractivity contribution in [2.45, 2.75) is 12.3 Å². The molecule has 1 N–H and O–H groups in total. The Kier molecular flexibility index (Phi) is 3.18. The number of carboxylic acids is 1. The Morgan fingerprint density at radius 1 is 1.60 bits per heavy atom. The zero-order chi connectivity index (χ0) is 11.5. The van der Waals surface area contributed by atoms with Gasteiger partial charge in [0.2, 0.25) is 0 Å². The fourth-order valence-electron chi connectivity index (χ4n) is 1.02. The lowest BCUT2D eigenvalue weighted by Crippen LogP contribution is -2.18. The van der Waals surface area contributed by atoms with Crippen molar-refractivity contribution >= 4 is 5.97 Å². The second kappa shape index (κ2) is 4.20. The molecule has 0 unspecified atom stereocenters. The van der Waals surface area contributed by atoms with E-state index in [9.17, 15) is 13.6 Å². The van der Waals surface area contributed by atoms with Crippen LogP contribution in [-0.2, 0) is 10.7 Å². The molecule has 0 bridgehead atoms. The van der Waals surface area contributed by atoms with Crippen LogP contribution in [0, 0.1) is 0 Å². The lowest BCUT2D eigenvalue weighted by Gasteiger charge is -2.14. The van der Waals surface area contributed by atoms with Crippen molar-refractivity contribution < 1.29 is 23.4 Å². The molecule has 0 radical (unpaired) electrons. The maximum atomic E-state index is 13.2. The molecule has 0 fully saturated rings. The Hall–Kier alpha value is -1.72. The van der Waals surface area contributed by atoms with Gasteiger partial charge in [0.25, 0.3) is 5.92 Å². The number of nitrogens with zero attached hydrogens (tertiary/aromatic N) is 1. The molecule has 0 spiro atoms. The van der Waals surface area contributed by atoms with E-state index >= 15 is 0 Å². The van der Waals surface area contributed by atoms with Crippen molar-refractivity contribution in [3.8, 4) is 5.75 Å². The third-order valence-corrected chi connectivity index (χ3v) is 1.74. The molecule has 1 aromatic rings. The standard InChI is InChI=1S/C9H9F2NO3/c1-15-7-2-6(4-12-5-7)9(10,11)3-8(13)14/h2,4-5H,3H2,1H3,(H,13,14). The van der Waals surface area contributed by atoms with Gasteiger partial charge in [0, 0.05) is 11.8 Å². The Morgan fingerprint density at radius 3 is 2.80 bits per heavy atom. The van der Waals surface area contributed by atoms with Crippen LogP contribution in [0.5, 0.6) is 5.75 Å². The molecule has 0 aromatic carbocycles. The number of carboxylic acid groups (broad SMARTS) is 1. The van der Waals surface area contributed by atoms with Crippen LogP contribution >= 0.6 is 0 Å². The number of alkyl halides is 2. The topological polar surface area (TPSA) is 59.4 Å². The molecule has 0 aliphatic heterocycles. The molecule has 0 atom stereocenters. The number of aromatic nitrogens is 1. The Balaban J connectivity index is 2.98. The monoisotopic (exact) mass is 217 g/mol. The van der Waals surface area contributed by atoms with Gasteiger partial charge in [-0.05, 0) is 6.07 Å². The predicted octanol–water partition coefficient (Wildman–Crippen LogP) is 1.66. The van der Waals surface area contributed by atoms with Gasteiger partial charge in [0.1, 0.15) is 12.2 Å². The Morgan fingerprint density at radius 2 is 2.27 bits per heavy atom. The summed E-state index contributed by atoms with van der Waals surface area (Å²) in [5, 5.41) is 8.31. The molecule has 0 saturated heterocycles. The lowest BCUT2D eigenvalue weighted by molar-refractivity contribution is -0.145. The van der Waals surface area contributed by atoms with Crippen LogP contribution in [-0.4, -0.2) is 23.2 Å². The third kappa shape index (κ3) is 2.87. The largest absolute Gasteiger partial charge is 0.495 e. The summed E-state index contributed by atoms with van der Waals surface area (Å²) >= 11 is 0. The van der Waals surface area contributed by atoms with Crippen molar-refractivity contribution in [2.24, 2.45) is 0 Å². The van der Waals surface area contributed by atoms with E-state index in [1.807, 2.05) is 0 Å². The van der Waals surface area contributed by atoms with Gasteiger partial charge >= 0.3 is 5.97 Å². The molecule has 1 heterocycles. The SMILES string of the molecule is COc1cncc(C(F)(F)CC(=O)O)c1. The predicted molar refractivity (Wildman–Crippen MR) is 46.9 cm³/mol. The number of pyridine rings is 1. The molecular weight excluding hydrogens is 208 g/mol. The number of methoxy groups -OCH3 is 1. The second-order valence-corrected chi connectivity index (χ2v) is 2.89. The van der Waals surface area contributed by atoms with Gasteiger partial charge < -0.3 is 9.84 Å². The number of hydrogen-bond acceptors (Lipinski definition) is 3. The van der Waals surface area contributed by atoms with E-state index in [0.29, 0.717) is 0 Å². The Bertz CT molecular complexity index is 368. The van der Waals surface area contributed by atoms with E-state index in [1.165, 1.54) is 13.3 Å². The van der Waals surface area contributed by atoms with Gasteiger partial charge in [-0.1, -0.05) is 0 Å². The number of carbonyl (C=O) groups is 1. The number of aliphatic carboxylic acids is 1. The van der Waals surface area contributed by atoms with E-state index in [1.54, 1.807) is 0 Å². The number of hydrogen-bond donors (Lipinski definition) is 1. The molecule has 0 aliphatic carbocycles. The average Bonchev–Trinajstić information content (AvgIpc) is 2.16. The van der Waals surface area contributed by atoms with E-state index < -0.39 is 23.9 Å². The molecule has 4 nitrogen and oxygen atoms in total. The maximum Gasteiger partial charge on any atom is 0.309 e.